The Morgan fingerprint density at radius 2 is 2.53 bits per heavy atom. The minimum Gasteiger partial charge on any atom is -0.374 e. The average Bonchev–Trinajstić information content (AvgIpc) is 2.65. The molecule has 84 valence electrons. The van der Waals surface area contributed by atoms with Gasteiger partial charge in [-0.15, -0.1) is 11.3 Å². The second kappa shape index (κ2) is 5.41. The van der Waals surface area contributed by atoms with Gasteiger partial charge in [0.05, 0.1) is 12.7 Å². The van der Waals surface area contributed by atoms with Gasteiger partial charge in [0.25, 0.3) is 0 Å². The van der Waals surface area contributed by atoms with Crippen molar-refractivity contribution in [2.24, 2.45) is 5.73 Å². The van der Waals surface area contributed by atoms with Gasteiger partial charge in [-0.3, -0.25) is 4.90 Å². The molecule has 15 heavy (non-hydrogen) atoms. The molecule has 0 amide bonds. The van der Waals surface area contributed by atoms with E-state index in [-0.39, 0.29) is 6.10 Å². The van der Waals surface area contributed by atoms with Crippen molar-refractivity contribution in [3.8, 4) is 0 Å². The topological polar surface area (TPSA) is 38.5 Å². The summed E-state index contributed by atoms with van der Waals surface area (Å²) in [6.07, 6.45) is 0.206. The predicted molar refractivity (Wildman–Crippen MR) is 66.1 cm³/mol. The molecule has 2 heterocycles. The number of hydrogen-bond donors (Lipinski definition) is 1. The maximum Gasteiger partial charge on any atom is 0.0824 e. The molecule has 1 saturated heterocycles. The molecule has 0 aromatic carbocycles. The maximum atomic E-state index is 5.61. The van der Waals surface area contributed by atoms with Crippen LogP contribution in [0.4, 0.5) is 0 Å². The van der Waals surface area contributed by atoms with Crippen LogP contribution in [0.5, 0.6) is 0 Å². The quantitative estimate of drug-likeness (QED) is 0.920. The Labute approximate surface area is 102 Å². The van der Waals surface area contributed by atoms with Gasteiger partial charge < -0.3 is 10.5 Å². The number of ether oxygens (including phenoxy) is 1. The van der Waals surface area contributed by atoms with Crippen LogP contribution in [0.2, 0.25) is 0 Å². The smallest absolute Gasteiger partial charge is 0.0824 e. The fourth-order valence-corrected chi connectivity index (χ4v) is 3.23. The van der Waals surface area contributed by atoms with Gasteiger partial charge in [0, 0.05) is 35.5 Å². The Morgan fingerprint density at radius 1 is 1.67 bits per heavy atom. The molecule has 5 heteroatoms. The highest BCUT2D eigenvalue weighted by Gasteiger charge is 2.19. The van der Waals surface area contributed by atoms with Gasteiger partial charge in [0.1, 0.15) is 0 Å². The van der Waals surface area contributed by atoms with Crippen LogP contribution >= 0.6 is 27.3 Å². The van der Waals surface area contributed by atoms with E-state index < -0.39 is 0 Å². The van der Waals surface area contributed by atoms with Gasteiger partial charge in [-0.1, -0.05) is 0 Å². The van der Waals surface area contributed by atoms with Crippen LogP contribution in [0.1, 0.15) is 4.88 Å². The molecule has 2 N–H and O–H groups in total. The Hall–Kier alpha value is 0.0600. The first-order chi connectivity index (χ1) is 7.29. The molecular formula is C10H15BrN2OS. The average molecular weight is 291 g/mol. The van der Waals surface area contributed by atoms with E-state index >= 15 is 0 Å². The summed E-state index contributed by atoms with van der Waals surface area (Å²) in [5, 5.41) is 2.11. The second-order valence-electron chi connectivity index (χ2n) is 3.66. The lowest BCUT2D eigenvalue weighted by Crippen LogP contribution is -2.45. The van der Waals surface area contributed by atoms with E-state index in [1.54, 1.807) is 11.3 Å². The molecule has 1 aliphatic rings. The van der Waals surface area contributed by atoms with Crippen LogP contribution in [0.3, 0.4) is 0 Å². The highest BCUT2D eigenvalue weighted by Crippen LogP contribution is 2.24. The van der Waals surface area contributed by atoms with E-state index in [2.05, 4.69) is 32.3 Å². The van der Waals surface area contributed by atoms with Gasteiger partial charge in [0.2, 0.25) is 0 Å². The van der Waals surface area contributed by atoms with Gasteiger partial charge in [-0.25, -0.2) is 0 Å². The molecule has 0 bridgehead atoms. The van der Waals surface area contributed by atoms with Crippen LogP contribution in [-0.4, -0.2) is 37.2 Å². The van der Waals surface area contributed by atoms with Gasteiger partial charge in [-0.2, -0.15) is 0 Å². The van der Waals surface area contributed by atoms with E-state index in [9.17, 15) is 0 Å². The predicted octanol–water partition coefficient (Wildman–Crippen LogP) is 1.67. The minimum atomic E-state index is 0.206. The third kappa shape index (κ3) is 3.01. The summed E-state index contributed by atoms with van der Waals surface area (Å²) in [6.45, 7) is 4.35. The Kier molecular flexibility index (Phi) is 4.16. The van der Waals surface area contributed by atoms with E-state index in [4.69, 9.17) is 10.5 Å². The molecule has 1 aromatic heterocycles. The van der Waals surface area contributed by atoms with Crippen molar-refractivity contribution in [1.29, 1.82) is 0 Å². The van der Waals surface area contributed by atoms with Crippen LogP contribution in [0, 0.1) is 0 Å². The summed E-state index contributed by atoms with van der Waals surface area (Å²) in [5.74, 6) is 0. The number of hydrogen-bond acceptors (Lipinski definition) is 4. The summed E-state index contributed by atoms with van der Waals surface area (Å²) in [6, 6.07) is 2.10. The fourth-order valence-electron chi connectivity index (χ4n) is 1.71. The molecule has 0 aliphatic carbocycles. The summed E-state index contributed by atoms with van der Waals surface area (Å²) < 4.78 is 6.74. The number of nitrogens with two attached hydrogens (primary N) is 1. The number of rotatable bonds is 3. The summed E-state index contributed by atoms with van der Waals surface area (Å²) in [4.78, 5) is 3.78. The first-order valence-corrected chi connectivity index (χ1v) is 6.72. The van der Waals surface area contributed by atoms with Gasteiger partial charge >= 0.3 is 0 Å². The zero-order chi connectivity index (χ0) is 10.7. The van der Waals surface area contributed by atoms with Crippen molar-refractivity contribution in [2.75, 3.05) is 26.2 Å². The van der Waals surface area contributed by atoms with E-state index in [0.29, 0.717) is 6.54 Å². The summed E-state index contributed by atoms with van der Waals surface area (Å²) in [5.41, 5.74) is 5.61. The Bertz CT molecular complexity index is 318. The van der Waals surface area contributed by atoms with Crippen molar-refractivity contribution in [3.05, 3.63) is 20.8 Å². The molecule has 3 nitrogen and oxygen atoms in total. The third-order valence-electron chi connectivity index (χ3n) is 2.54. The molecule has 1 aromatic rings. The molecule has 1 unspecified atom stereocenters. The number of morpholine rings is 1. The minimum absolute atomic E-state index is 0.206. The largest absolute Gasteiger partial charge is 0.374 e. The van der Waals surface area contributed by atoms with Gasteiger partial charge in [-0.05, 0) is 27.4 Å². The second-order valence-corrected chi connectivity index (χ2v) is 5.51. The zero-order valence-corrected chi connectivity index (χ0v) is 10.9. The normalized spacial score (nSPS) is 23.2. The molecule has 2 rings (SSSR count). The number of nitrogens with zero attached hydrogens (tertiary/aromatic N) is 1. The van der Waals surface area contributed by atoms with E-state index in [1.165, 1.54) is 9.35 Å². The molecule has 0 saturated carbocycles. The van der Waals surface area contributed by atoms with Crippen molar-refractivity contribution in [2.45, 2.75) is 12.6 Å². The van der Waals surface area contributed by atoms with Crippen molar-refractivity contribution < 1.29 is 4.74 Å². The summed E-state index contributed by atoms with van der Waals surface area (Å²) >= 11 is 5.34. The standard InChI is InChI=1S/C10H15BrN2OS/c11-9-1-4-15-10(9)7-13-2-3-14-8(5-12)6-13/h1,4,8H,2-3,5-7,12H2. The van der Waals surface area contributed by atoms with Gasteiger partial charge in [0.15, 0.2) is 0 Å². The van der Waals surface area contributed by atoms with Crippen molar-refractivity contribution in [1.82, 2.24) is 4.90 Å². The lowest BCUT2D eigenvalue weighted by Gasteiger charge is -2.32. The lowest BCUT2D eigenvalue weighted by atomic mass is 10.2. The molecule has 1 fully saturated rings. The number of halogens is 1. The molecule has 0 radical (unpaired) electrons. The molecule has 0 spiro atoms. The van der Waals surface area contributed by atoms with Crippen molar-refractivity contribution in [3.63, 3.8) is 0 Å². The Balaban J connectivity index is 1.92. The molecule has 1 atom stereocenters. The Morgan fingerprint density at radius 3 is 3.20 bits per heavy atom. The van der Waals surface area contributed by atoms with E-state index in [0.717, 1.165) is 26.2 Å². The van der Waals surface area contributed by atoms with Crippen LogP contribution in [0.25, 0.3) is 0 Å². The molecule has 1 aliphatic heterocycles. The first-order valence-electron chi connectivity index (χ1n) is 5.05. The van der Waals surface area contributed by atoms with Crippen LogP contribution < -0.4 is 5.73 Å². The van der Waals surface area contributed by atoms with Crippen molar-refractivity contribution >= 4 is 27.3 Å². The lowest BCUT2D eigenvalue weighted by molar-refractivity contribution is -0.0257. The van der Waals surface area contributed by atoms with E-state index in [1.807, 2.05) is 0 Å². The SMILES string of the molecule is NCC1CN(Cc2sccc2Br)CCO1. The third-order valence-corrected chi connectivity index (χ3v) is 4.46. The van der Waals surface area contributed by atoms with Crippen LogP contribution in [-0.2, 0) is 11.3 Å². The van der Waals surface area contributed by atoms with Crippen LogP contribution in [0.15, 0.2) is 15.9 Å². The fraction of sp³-hybridized carbons (Fsp3) is 0.600. The highest BCUT2D eigenvalue weighted by molar-refractivity contribution is 9.10. The maximum absolute atomic E-state index is 5.61. The highest BCUT2D eigenvalue weighted by atomic mass is 79.9. The number of thiophene rings is 1. The first kappa shape index (κ1) is 11.5. The monoisotopic (exact) mass is 290 g/mol. The zero-order valence-electron chi connectivity index (χ0n) is 8.49. The molecular weight excluding hydrogens is 276 g/mol. The summed E-state index contributed by atoms with van der Waals surface area (Å²) in [7, 11) is 0.